The number of nitrogens with two attached hydrogens (primary N) is 1. The maximum atomic E-state index is 5.88. The highest BCUT2D eigenvalue weighted by Gasteiger charge is 2.45. The molecule has 0 aromatic rings. The molecule has 2 saturated heterocycles. The molecule has 4 heteroatoms. The number of allylic oxidation sites excluding steroid dienone is 1. The van der Waals surface area contributed by atoms with Gasteiger partial charge in [0.25, 0.3) is 0 Å². The Hall–Kier alpha value is -1.13. The summed E-state index contributed by atoms with van der Waals surface area (Å²) in [6.07, 6.45) is 6.36. The molecule has 0 saturated carbocycles. The summed E-state index contributed by atoms with van der Waals surface area (Å²) in [5, 5.41) is 0. The van der Waals surface area contributed by atoms with Crippen LogP contribution in [0.2, 0.25) is 0 Å². The van der Waals surface area contributed by atoms with Gasteiger partial charge in [-0.1, -0.05) is 6.58 Å². The molecule has 3 aliphatic heterocycles. The van der Waals surface area contributed by atoms with Crippen molar-refractivity contribution < 1.29 is 4.74 Å². The van der Waals surface area contributed by atoms with Crippen molar-refractivity contribution in [1.82, 2.24) is 4.90 Å². The molecule has 0 aliphatic carbocycles. The average Bonchev–Trinajstić information content (AvgIpc) is 2.73. The number of rotatable bonds is 1. The first-order chi connectivity index (χ1) is 7.28. The van der Waals surface area contributed by atoms with E-state index in [4.69, 9.17) is 10.5 Å². The lowest BCUT2D eigenvalue weighted by molar-refractivity contribution is -0.00634. The third-order valence-electron chi connectivity index (χ3n) is 3.28. The van der Waals surface area contributed by atoms with Crippen molar-refractivity contribution in [1.29, 1.82) is 0 Å². The predicted molar refractivity (Wildman–Crippen MR) is 58.0 cm³/mol. The smallest absolute Gasteiger partial charge is 0.138 e. The predicted octanol–water partition coefficient (Wildman–Crippen LogP) is 0.822. The van der Waals surface area contributed by atoms with E-state index in [0.29, 0.717) is 12.5 Å². The van der Waals surface area contributed by atoms with Crippen LogP contribution in [0.4, 0.5) is 0 Å². The van der Waals surface area contributed by atoms with Crippen LogP contribution in [0.25, 0.3) is 0 Å². The topological polar surface area (TPSA) is 50.8 Å². The van der Waals surface area contributed by atoms with Crippen LogP contribution in [0.3, 0.4) is 0 Å². The van der Waals surface area contributed by atoms with E-state index in [2.05, 4.69) is 16.5 Å². The summed E-state index contributed by atoms with van der Waals surface area (Å²) >= 11 is 0. The molecule has 3 rings (SSSR count). The molecule has 0 aromatic heterocycles. The molecule has 0 spiro atoms. The highest BCUT2D eigenvalue weighted by atomic mass is 16.5. The minimum Gasteiger partial charge on any atom is -0.353 e. The van der Waals surface area contributed by atoms with Crippen LogP contribution in [0.15, 0.2) is 29.5 Å². The summed E-state index contributed by atoms with van der Waals surface area (Å²) in [6.45, 7) is 4.45. The first-order valence-corrected chi connectivity index (χ1v) is 5.36. The molecule has 0 amide bonds. The second-order valence-electron chi connectivity index (χ2n) is 4.33. The Kier molecular flexibility index (Phi) is 1.94. The Labute approximate surface area is 89.1 Å². The second kappa shape index (κ2) is 3.18. The fraction of sp³-hybridized carbons (Fsp3) is 0.545. The molecule has 3 heterocycles. The van der Waals surface area contributed by atoms with E-state index >= 15 is 0 Å². The quantitative estimate of drug-likeness (QED) is 0.689. The maximum absolute atomic E-state index is 5.88. The number of aliphatic imine (C=N–C) groups is 1. The van der Waals surface area contributed by atoms with Gasteiger partial charge in [-0.05, 0) is 12.5 Å². The van der Waals surface area contributed by atoms with Gasteiger partial charge in [-0.2, -0.15) is 0 Å². The van der Waals surface area contributed by atoms with E-state index in [1.165, 1.54) is 0 Å². The minimum atomic E-state index is 0.154. The molecule has 80 valence electrons. The van der Waals surface area contributed by atoms with Crippen molar-refractivity contribution in [2.24, 2.45) is 16.6 Å². The zero-order valence-electron chi connectivity index (χ0n) is 8.60. The van der Waals surface area contributed by atoms with Crippen LogP contribution in [-0.4, -0.2) is 29.6 Å². The van der Waals surface area contributed by atoms with E-state index in [1.54, 1.807) is 0 Å². The molecule has 3 aliphatic rings. The number of nitrogens with zero attached hydrogens (tertiary/aromatic N) is 2. The van der Waals surface area contributed by atoms with Gasteiger partial charge in [-0.25, -0.2) is 4.99 Å². The fourth-order valence-electron chi connectivity index (χ4n) is 2.58. The summed E-state index contributed by atoms with van der Waals surface area (Å²) in [5.41, 5.74) is 6.45. The SMILES string of the molecule is C=C1C=CN2C(=N1)CC1CC(CN)OC12. The third kappa shape index (κ3) is 1.33. The molecule has 3 atom stereocenters. The standard InChI is InChI=1S/C11H15N3O/c1-7-2-3-14-10(13-7)5-8-4-9(6-12)15-11(8)14/h2-3,8-9,11H,1,4-6,12H2. The average molecular weight is 205 g/mol. The third-order valence-corrected chi connectivity index (χ3v) is 3.28. The minimum absolute atomic E-state index is 0.154. The van der Waals surface area contributed by atoms with Gasteiger partial charge >= 0.3 is 0 Å². The molecule has 2 fully saturated rings. The molecule has 2 N–H and O–H groups in total. The van der Waals surface area contributed by atoms with E-state index < -0.39 is 0 Å². The van der Waals surface area contributed by atoms with E-state index in [1.807, 2.05) is 12.3 Å². The lowest BCUT2D eigenvalue weighted by Gasteiger charge is -2.25. The molecule has 0 radical (unpaired) electrons. The first kappa shape index (κ1) is 9.12. The number of fused-ring (bicyclic) bond motifs is 3. The Bertz CT molecular complexity index is 361. The Balaban J connectivity index is 1.84. The van der Waals surface area contributed by atoms with Crippen LogP contribution in [0.1, 0.15) is 12.8 Å². The fourth-order valence-corrected chi connectivity index (χ4v) is 2.58. The zero-order valence-corrected chi connectivity index (χ0v) is 8.60. The van der Waals surface area contributed by atoms with Gasteiger partial charge in [-0.15, -0.1) is 0 Å². The lowest BCUT2D eigenvalue weighted by atomic mass is 10.0. The van der Waals surface area contributed by atoms with Crippen LogP contribution in [-0.2, 0) is 4.74 Å². The van der Waals surface area contributed by atoms with Crippen LogP contribution < -0.4 is 5.73 Å². The molecule has 0 bridgehead atoms. The highest BCUT2D eigenvalue weighted by molar-refractivity contribution is 5.88. The molecular weight excluding hydrogens is 190 g/mol. The van der Waals surface area contributed by atoms with Gasteiger partial charge in [-0.3, -0.25) is 0 Å². The first-order valence-electron chi connectivity index (χ1n) is 5.36. The highest BCUT2D eigenvalue weighted by Crippen LogP contribution is 2.39. The normalized spacial score (nSPS) is 37.9. The van der Waals surface area contributed by atoms with Crippen LogP contribution >= 0.6 is 0 Å². The lowest BCUT2D eigenvalue weighted by Crippen LogP contribution is -2.33. The molecule has 0 aromatic carbocycles. The Morgan fingerprint density at radius 2 is 2.53 bits per heavy atom. The summed E-state index contributed by atoms with van der Waals surface area (Å²) in [4.78, 5) is 6.55. The second-order valence-corrected chi connectivity index (χ2v) is 4.33. The number of hydrogen-bond acceptors (Lipinski definition) is 4. The summed E-state index contributed by atoms with van der Waals surface area (Å²) < 4.78 is 5.88. The summed E-state index contributed by atoms with van der Waals surface area (Å²) in [6, 6.07) is 0. The number of ether oxygens (including phenoxy) is 1. The largest absolute Gasteiger partial charge is 0.353 e. The molecule has 4 nitrogen and oxygen atoms in total. The monoisotopic (exact) mass is 205 g/mol. The number of hydrogen-bond donors (Lipinski definition) is 1. The van der Waals surface area contributed by atoms with Gasteiger partial charge in [0.15, 0.2) is 0 Å². The van der Waals surface area contributed by atoms with Crippen molar-refractivity contribution >= 4 is 5.84 Å². The van der Waals surface area contributed by atoms with Crippen molar-refractivity contribution in [3.8, 4) is 0 Å². The summed E-state index contributed by atoms with van der Waals surface area (Å²) in [5.74, 6) is 1.64. The molecule has 3 unspecified atom stereocenters. The van der Waals surface area contributed by atoms with Crippen LogP contribution in [0.5, 0.6) is 0 Å². The maximum Gasteiger partial charge on any atom is 0.138 e. The van der Waals surface area contributed by atoms with Gasteiger partial charge in [0.1, 0.15) is 12.1 Å². The van der Waals surface area contributed by atoms with Gasteiger partial charge in [0.2, 0.25) is 0 Å². The van der Waals surface area contributed by atoms with Gasteiger partial charge in [0, 0.05) is 25.1 Å². The van der Waals surface area contributed by atoms with Crippen molar-refractivity contribution in [2.75, 3.05) is 6.54 Å². The molecular formula is C11H15N3O. The Morgan fingerprint density at radius 1 is 1.67 bits per heavy atom. The van der Waals surface area contributed by atoms with E-state index in [-0.39, 0.29) is 12.3 Å². The summed E-state index contributed by atoms with van der Waals surface area (Å²) in [7, 11) is 0. The Morgan fingerprint density at radius 3 is 3.33 bits per heavy atom. The van der Waals surface area contributed by atoms with Gasteiger partial charge < -0.3 is 15.4 Å². The number of amidine groups is 1. The molecule has 15 heavy (non-hydrogen) atoms. The van der Waals surface area contributed by atoms with Crippen molar-refractivity contribution in [3.63, 3.8) is 0 Å². The zero-order chi connectivity index (χ0) is 10.4. The van der Waals surface area contributed by atoms with Crippen molar-refractivity contribution in [2.45, 2.75) is 25.2 Å². The van der Waals surface area contributed by atoms with Gasteiger partial charge in [0.05, 0.1) is 11.8 Å². The van der Waals surface area contributed by atoms with E-state index in [0.717, 1.165) is 24.4 Å². The van der Waals surface area contributed by atoms with Crippen LogP contribution in [0, 0.1) is 5.92 Å². The van der Waals surface area contributed by atoms with E-state index in [9.17, 15) is 0 Å². The van der Waals surface area contributed by atoms with Crippen molar-refractivity contribution in [3.05, 3.63) is 24.6 Å².